The van der Waals surface area contributed by atoms with Crippen molar-refractivity contribution in [2.75, 3.05) is 5.32 Å². The molecule has 0 atom stereocenters. The molecule has 2 aromatic carbocycles. The minimum Gasteiger partial charge on any atom is -0.376 e. The van der Waals surface area contributed by atoms with Gasteiger partial charge in [0.05, 0.1) is 17.1 Å². The summed E-state index contributed by atoms with van der Waals surface area (Å²) in [6.07, 6.45) is 0.809. The molecule has 4 nitrogen and oxygen atoms in total. The highest BCUT2D eigenvalue weighted by molar-refractivity contribution is 5.52. The Morgan fingerprint density at radius 3 is 2.24 bits per heavy atom. The van der Waals surface area contributed by atoms with Crippen LogP contribution >= 0.6 is 0 Å². The summed E-state index contributed by atoms with van der Waals surface area (Å²) in [5.41, 5.74) is 1.04. The highest BCUT2D eigenvalue weighted by atomic mass is 19.1. The number of benzene rings is 2. The molecular weight excluding hydrogens is 278 g/mol. The van der Waals surface area contributed by atoms with Gasteiger partial charge in [-0.25, -0.2) is 8.78 Å². The number of nitrogens with one attached hydrogen (secondary N) is 1. The number of aryl methyl sites for hydroxylation is 1. The minimum absolute atomic E-state index is 0.246. The van der Waals surface area contributed by atoms with Crippen LogP contribution in [0, 0.1) is 21.7 Å². The summed E-state index contributed by atoms with van der Waals surface area (Å²) < 4.78 is 27.5. The number of non-ortho nitro benzene ring substituents is 1. The molecule has 0 saturated carbocycles. The lowest BCUT2D eigenvalue weighted by molar-refractivity contribution is -0.385. The second kappa shape index (κ2) is 6.30. The van der Waals surface area contributed by atoms with E-state index < -0.39 is 22.2 Å². The molecule has 6 heteroatoms. The molecule has 0 spiro atoms. The Hall–Kier alpha value is -2.50. The normalized spacial score (nSPS) is 10.4. The number of nitrogens with zero attached hydrogens (tertiary/aromatic N) is 1. The van der Waals surface area contributed by atoms with E-state index in [9.17, 15) is 18.9 Å². The predicted octanol–water partition coefficient (Wildman–Crippen LogP) is 4.05. The van der Waals surface area contributed by atoms with Gasteiger partial charge in [0.15, 0.2) is 11.6 Å². The van der Waals surface area contributed by atoms with Crippen molar-refractivity contribution in [3.63, 3.8) is 0 Å². The maximum atomic E-state index is 13.7. The molecule has 0 amide bonds. The molecule has 0 bridgehead atoms. The van der Waals surface area contributed by atoms with Crippen molar-refractivity contribution in [2.24, 2.45) is 0 Å². The number of hydrogen-bond donors (Lipinski definition) is 1. The van der Waals surface area contributed by atoms with Crippen molar-refractivity contribution in [3.05, 3.63) is 69.3 Å². The first kappa shape index (κ1) is 14.9. The van der Waals surface area contributed by atoms with Crippen LogP contribution < -0.4 is 5.32 Å². The van der Waals surface area contributed by atoms with Crippen molar-refractivity contribution >= 4 is 11.4 Å². The van der Waals surface area contributed by atoms with Gasteiger partial charge < -0.3 is 5.32 Å². The van der Waals surface area contributed by atoms with E-state index in [1.54, 1.807) is 0 Å². The number of rotatable bonds is 5. The van der Waals surface area contributed by atoms with Gasteiger partial charge in [-0.15, -0.1) is 0 Å². The summed E-state index contributed by atoms with van der Waals surface area (Å²) in [6.45, 7) is 2.24. The summed E-state index contributed by atoms with van der Waals surface area (Å²) in [5, 5.41) is 13.2. The summed E-state index contributed by atoms with van der Waals surface area (Å²) in [7, 11) is 0. The molecule has 2 rings (SSSR count). The highest BCUT2D eigenvalue weighted by Crippen LogP contribution is 2.25. The molecule has 0 unspecified atom stereocenters. The fourth-order valence-electron chi connectivity index (χ4n) is 2.09. The quantitative estimate of drug-likeness (QED) is 0.668. The third-order valence-corrected chi connectivity index (χ3v) is 3.19. The van der Waals surface area contributed by atoms with E-state index in [0.717, 1.165) is 17.5 Å². The van der Waals surface area contributed by atoms with E-state index in [0.29, 0.717) is 12.1 Å². The van der Waals surface area contributed by atoms with E-state index >= 15 is 0 Å². The molecule has 0 radical (unpaired) electrons. The molecule has 0 saturated heterocycles. The van der Waals surface area contributed by atoms with Crippen LogP contribution in [0.1, 0.15) is 18.1 Å². The van der Waals surface area contributed by atoms with E-state index in [1.165, 1.54) is 0 Å². The fourth-order valence-corrected chi connectivity index (χ4v) is 2.09. The van der Waals surface area contributed by atoms with Crippen LogP contribution in [0.3, 0.4) is 0 Å². The Morgan fingerprint density at radius 1 is 1.14 bits per heavy atom. The van der Waals surface area contributed by atoms with Crippen molar-refractivity contribution < 1.29 is 13.7 Å². The van der Waals surface area contributed by atoms with Crippen molar-refractivity contribution in [2.45, 2.75) is 19.9 Å². The Kier molecular flexibility index (Phi) is 4.47. The largest absolute Gasteiger partial charge is 0.376 e. The molecule has 110 valence electrons. The Morgan fingerprint density at radius 2 is 1.71 bits per heavy atom. The van der Waals surface area contributed by atoms with Gasteiger partial charge in [0.25, 0.3) is 5.69 Å². The van der Waals surface area contributed by atoms with Crippen LogP contribution in [-0.2, 0) is 13.0 Å². The summed E-state index contributed by atoms with van der Waals surface area (Å²) >= 11 is 0. The first-order chi connectivity index (χ1) is 10.0. The van der Waals surface area contributed by atoms with Gasteiger partial charge in [0, 0.05) is 6.54 Å². The Bertz CT molecular complexity index is 651. The van der Waals surface area contributed by atoms with Crippen LogP contribution in [0.2, 0.25) is 0 Å². The molecule has 0 aromatic heterocycles. The lowest BCUT2D eigenvalue weighted by Gasteiger charge is -2.11. The Balaban J connectivity index is 2.22. The lowest BCUT2D eigenvalue weighted by atomic mass is 10.1. The topological polar surface area (TPSA) is 55.2 Å². The van der Waals surface area contributed by atoms with Crippen LogP contribution in [0.15, 0.2) is 36.4 Å². The molecule has 0 heterocycles. The molecule has 1 N–H and O–H groups in total. The molecule has 0 aliphatic carbocycles. The average Bonchev–Trinajstić information content (AvgIpc) is 2.46. The van der Waals surface area contributed by atoms with Gasteiger partial charge in [0.2, 0.25) is 0 Å². The van der Waals surface area contributed by atoms with E-state index in [2.05, 4.69) is 5.32 Å². The lowest BCUT2D eigenvalue weighted by Crippen LogP contribution is -2.06. The van der Waals surface area contributed by atoms with Crippen LogP contribution in [-0.4, -0.2) is 4.92 Å². The van der Waals surface area contributed by atoms with E-state index in [-0.39, 0.29) is 12.2 Å². The zero-order valence-electron chi connectivity index (χ0n) is 11.4. The number of halogens is 2. The number of nitro benzene ring substituents is 1. The molecule has 0 fully saturated rings. The minimum atomic E-state index is -0.976. The first-order valence-electron chi connectivity index (χ1n) is 6.47. The first-order valence-corrected chi connectivity index (χ1v) is 6.47. The van der Waals surface area contributed by atoms with Crippen molar-refractivity contribution in [3.8, 4) is 0 Å². The molecule has 0 aliphatic rings. The van der Waals surface area contributed by atoms with Gasteiger partial charge in [-0.1, -0.05) is 31.2 Å². The van der Waals surface area contributed by atoms with Gasteiger partial charge in [-0.3, -0.25) is 10.1 Å². The second-order valence-electron chi connectivity index (χ2n) is 4.52. The molecule has 2 aromatic rings. The third kappa shape index (κ3) is 3.34. The van der Waals surface area contributed by atoms with Crippen LogP contribution in [0.25, 0.3) is 0 Å². The number of hydrogen-bond acceptors (Lipinski definition) is 3. The molecular formula is C15H14F2N2O2. The summed E-state index contributed by atoms with van der Waals surface area (Å²) in [6, 6.07) is 8.97. The number of nitro groups is 1. The van der Waals surface area contributed by atoms with E-state index in [1.807, 2.05) is 31.2 Å². The van der Waals surface area contributed by atoms with Gasteiger partial charge in [-0.05, 0) is 17.5 Å². The summed E-state index contributed by atoms with van der Waals surface area (Å²) in [5.74, 6) is -1.95. The SMILES string of the molecule is CCc1ccccc1CNc1c(F)cc([N+](=O)[O-])cc1F. The monoisotopic (exact) mass is 292 g/mol. The van der Waals surface area contributed by atoms with E-state index in [4.69, 9.17) is 0 Å². The molecule has 0 aliphatic heterocycles. The van der Waals surface area contributed by atoms with Crippen molar-refractivity contribution in [1.82, 2.24) is 0 Å². The van der Waals surface area contributed by atoms with Gasteiger partial charge in [-0.2, -0.15) is 0 Å². The smallest absolute Gasteiger partial charge is 0.275 e. The fraction of sp³-hybridized carbons (Fsp3) is 0.200. The second-order valence-corrected chi connectivity index (χ2v) is 4.52. The Labute approximate surface area is 120 Å². The highest BCUT2D eigenvalue weighted by Gasteiger charge is 2.16. The summed E-state index contributed by atoms with van der Waals surface area (Å²) in [4.78, 5) is 9.70. The van der Waals surface area contributed by atoms with Crippen molar-refractivity contribution in [1.29, 1.82) is 0 Å². The zero-order chi connectivity index (χ0) is 15.4. The standard InChI is InChI=1S/C15H14F2N2O2/c1-2-10-5-3-4-6-11(10)9-18-15-13(16)7-12(19(20)21)8-14(15)17/h3-8,18H,2,9H2,1H3. The van der Waals surface area contributed by atoms with Crippen LogP contribution in [0.5, 0.6) is 0 Å². The maximum absolute atomic E-state index is 13.7. The number of anilines is 1. The predicted molar refractivity (Wildman–Crippen MR) is 76.2 cm³/mol. The molecule has 21 heavy (non-hydrogen) atoms. The van der Waals surface area contributed by atoms with Gasteiger partial charge in [0.1, 0.15) is 5.69 Å². The maximum Gasteiger partial charge on any atom is 0.275 e. The third-order valence-electron chi connectivity index (χ3n) is 3.19. The average molecular weight is 292 g/mol. The zero-order valence-corrected chi connectivity index (χ0v) is 11.4. The van der Waals surface area contributed by atoms with Crippen LogP contribution in [0.4, 0.5) is 20.2 Å². The van der Waals surface area contributed by atoms with Gasteiger partial charge >= 0.3 is 0 Å².